The summed E-state index contributed by atoms with van der Waals surface area (Å²) in [6.07, 6.45) is -0.442. The third-order valence-electron chi connectivity index (χ3n) is 6.06. The third-order valence-corrected chi connectivity index (χ3v) is 8.08. The summed E-state index contributed by atoms with van der Waals surface area (Å²) in [7, 11) is -0.647. The van der Waals surface area contributed by atoms with Crippen molar-refractivity contribution >= 4 is 15.9 Å². The van der Waals surface area contributed by atoms with E-state index in [1.165, 1.54) is 17.3 Å². The lowest BCUT2D eigenvalue weighted by Gasteiger charge is -2.37. The quantitative estimate of drug-likeness (QED) is 0.689. The molecule has 1 amide bonds. The second-order valence-electron chi connectivity index (χ2n) is 8.53. The number of benzene rings is 2. The fraction of sp³-hybridized carbons (Fsp3) is 0.458. The van der Waals surface area contributed by atoms with Gasteiger partial charge in [-0.2, -0.15) is 4.31 Å². The Kier molecular flexibility index (Phi) is 7.66. The van der Waals surface area contributed by atoms with Crippen LogP contribution in [0.3, 0.4) is 0 Å². The Balaban J connectivity index is 2.14. The molecule has 0 saturated heterocycles. The normalized spacial score (nSPS) is 21.2. The molecular formula is C24H32N2O6S. The summed E-state index contributed by atoms with van der Waals surface area (Å²) in [5.74, 6) is 0.569. The minimum Gasteiger partial charge on any atom is -0.497 e. The van der Waals surface area contributed by atoms with Gasteiger partial charge in [0.25, 0.3) is 0 Å². The maximum Gasteiger partial charge on any atom is 0.247 e. The average Bonchev–Trinajstić information content (AvgIpc) is 2.80. The monoisotopic (exact) mass is 476 g/mol. The van der Waals surface area contributed by atoms with E-state index in [0.717, 1.165) is 11.1 Å². The van der Waals surface area contributed by atoms with E-state index in [-0.39, 0.29) is 35.6 Å². The van der Waals surface area contributed by atoms with Crippen LogP contribution in [0.1, 0.15) is 20.8 Å². The van der Waals surface area contributed by atoms with Crippen molar-refractivity contribution in [3.05, 3.63) is 42.5 Å². The zero-order valence-electron chi connectivity index (χ0n) is 19.7. The van der Waals surface area contributed by atoms with Crippen LogP contribution >= 0.6 is 0 Å². The van der Waals surface area contributed by atoms with Gasteiger partial charge in [0.2, 0.25) is 15.9 Å². The van der Waals surface area contributed by atoms with Gasteiger partial charge in [-0.05, 0) is 42.3 Å². The van der Waals surface area contributed by atoms with Gasteiger partial charge < -0.3 is 19.5 Å². The van der Waals surface area contributed by atoms with E-state index in [0.29, 0.717) is 12.3 Å². The number of sulfonamides is 1. The number of carbonyl (C=O) groups excluding carboxylic acids is 1. The van der Waals surface area contributed by atoms with Crippen molar-refractivity contribution in [3.63, 3.8) is 0 Å². The fourth-order valence-electron chi connectivity index (χ4n) is 3.82. The number of methoxy groups -OCH3 is 1. The van der Waals surface area contributed by atoms with Gasteiger partial charge in [-0.25, -0.2) is 8.42 Å². The van der Waals surface area contributed by atoms with Gasteiger partial charge in [0, 0.05) is 32.5 Å². The van der Waals surface area contributed by atoms with Crippen LogP contribution in [0.2, 0.25) is 0 Å². The zero-order valence-corrected chi connectivity index (χ0v) is 20.5. The van der Waals surface area contributed by atoms with Gasteiger partial charge in [0.05, 0.1) is 20.3 Å². The Morgan fingerprint density at radius 3 is 2.61 bits per heavy atom. The summed E-state index contributed by atoms with van der Waals surface area (Å²) in [5, 5.41) is 9.74. The fourth-order valence-corrected chi connectivity index (χ4v) is 5.65. The topological polar surface area (TPSA) is 96.4 Å². The molecule has 8 nitrogen and oxygen atoms in total. The molecule has 33 heavy (non-hydrogen) atoms. The van der Waals surface area contributed by atoms with Crippen LogP contribution in [0.25, 0.3) is 11.1 Å². The van der Waals surface area contributed by atoms with Crippen molar-refractivity contribution in [1.82, 2.24) is 9.21 Å². The Morgan fingerprint density at radius 1 is 1.27 bits per heavy atom. The Bertz CT molecular complexity index is 1100. The number of aliphatic hydroxyl groups is 1. The molecule has 1 aliphatic heterocycles. The number of aliphatic hydroxyl groups excluding tert-OH is 1. The van der Waals surface area contributed by atoms with Crippen molar-refractivity contribution in [2.24, 2.45) is 5.92 Å². The van der Waals surface area contributed by atoms with Gasteiger partial charge in [-0.1, -0.05) is 25.1 Å². The van der Waals surface area contributed by atoms with Crippen molar-refractivity contribution in [3.8, 4) is 22.6 Å². The van der Waals surface area contributed by atoms with Gasteiger partial charge >= 0.3 is 0 Å². The largest absolute Gasteiger partial charge is 0.497 e. The second-order valence-corrected chi connectivity index (χ2v) is 10.4. The first-order valence-corrected chi connectivity index (χ1v) is 12.3. The molecule has 0 aromatic heterocycles. The zero-order chi connectivity index (χ0) is 24.3. The Hall–Kier alpha value is -2.62. The van der Waals surface area contributed by atoms with Gasteiger partial charge in [0.15, 0.2) is 0 Å². The van der Waals surface area contributed by atoms with Crippen LogP contribution in [0, 0.1) is 5.92 Å². The molecule has 3 atom stereocenters. The van der Waals surface area contributed by atoms with Crippen LogP contribution in [0.4, 0.5) is 0 Å². The Morgan fingerprint density at radius 2 is 1.97 bits per heavy atom. The minimum atomic E-state index is -3.92. The molecule has 0 fully saturated rings. The number of fused-ring (bicyclic) bond motifs is 1. The molecule has 1 N–H and O–H groups in total. The molecule has 1 aliphatic rings. The highest BCUT2D eigenvalue weighted by Gasteiger charge is 2.38. The number of rotatable bonds is 6. The standard InChI is InChI=1S/C24H32N2O6S/c1-16-13-26(17(2)15-27)33(29,30)24-10-9-20(19-7-6-8-21(11-19)31-5)12-22(24)32-23(16)14-25(4)18(3)28/h6-12,16-17,23,27H,13-15H2,1-5H3/t16-,17-,23+/m1/s1. The van der Waals surface area contributed by atoms with E-state index in [1.54, 1.807) is 38.1 Å². The maximum atomic E-state index is 13.6. The SMILES string of the molecule is COc1cccc(-c2ccc3c(c2)O[C@@H](CN(C)C(C)=O)[C@H](C)CN([C@H](C)CO)S3(=O)=O)c1. The number of hydrogen-bond acceptors (Lipinski definition) is 6. The minimum absolute atomic E-state index is 0.0387. The molecule has 0 saturated carbocycles. The van der Waals surface area contributed by atoms with Crippen LogP contribution in [0.15, 0.2) is 47.4 Å². The number of nitrogens with zero attached hydrogens (tertiary/aromatic N) is 2. The molecule has 2 aromatic carbocycles. The lowest BCUT2D eigenvalue weighted by atomic mass is 10.0. The molecule has 0 unspecified atom stereocenters. The maximum absolute atomic E-state index is 13.6. The second kappa shape index (κ2) is 10.1. The van der Waals surface area contributed by atoms with Crippen molar-refractivity contribution in [2.75, 3.05) is 33.9 Å². The number of likely N-dealkylation sites (N-methyl/N-ethyl adjacent to an activating group) is 1. The van der Waals surface area contributed by atoms with E-state index < -0.39 is 22.2 Å². The van der Waals surface area contributed by atoms with E-state index in [4.69, 9.17) is 9.47 Å². The van der Waals surface area contributed by atoms with E-state index in [9.17, 15) is 18.3 Å². The van der Waals surface area contributed by atoms with E-state index in [1.807, 2.05) is 31.2 Å². The molecule has 9 heteroatoms. The van der Waals surface area contributed by atoms with Crippen LogP contribution < -0.4 is 9.47 Å². The average molecular weight is 477 g/mol. The van der Waals surface area contributed by atoms with Crippen molar-refractivity contribution in [2.45, 2.75) is 37.8 Å². The summed E-state index contributed by atoms with van der Waals surface area (Å²) in [6.45, 7) is 5.21. The molecule has 180 valence electrons. The summed E-state index contributed by atoms with van der Waals surface area (Å²) >= 11 is 0. The van der Waals surface area contributed by atoms with E-state index in [2.05, 4.69) is 0 Å². The molecule has 2 aromatic rings. The summed E-state index contributed by atoms with van der Waals surface area (Å²) in [4.78, 5) is 13.5. The van der Waals surface area contributed by atoms with Crippen molar-refractivity contribution < 1.29 is 27.8 Å². The highest BCUT2D eigenvalue weighted by molar-refractivity contribution is 7.89. The molecule has 0 spiro atoms. The number of ether oxygens (including phenoxy) is 2. The third kappa shape index (κ3) is 5.31. The summed E-state index contributed by atoms with van der Waals surface area (Å²) in [5.41, 5.74) is 1.63. The highest BCUT2D eigenvalue weighted by Crippen LogP contribution is 2.37. The highest BCUT2D eigenvalue weighted by atomic mass is 32.2. The first-order valence-electron chi connectivity index (χ1n) is 10.9. The van der Waals surface area contributed by atoms with Crippen LogP contribution in [-0.2, 0) is 14.8 Å². The van der Waals surface area contributed by atoms with Gasteiger partial charge in [-0.15, -0.1) is 0 Å². The van der Waals surface area contributed by atoms with E-state index >= 15 is 0 Å². The molecule has 0 radical (unpaired) electrons. The number of carbonyl (C=O) groups is 1. The molecule has 0 bridgehead atoms. The lowest BCUT2D eigenvalue weighted by molar-refractivity contribution is -0.129. The Labute approximate surface area is 195 Å². The van der Waals surface area contributed by atoms with Crippen LogP contribution in [-0.4, -0.2) is 74.6 Å². The first-order chi connectivity index (χ1) is 15.6. The summed E-state index contributed by atoms with van der Waals surface area (Å²) in [6, 6.07) is 11.8. The number of hydrogen-bond donors (Lipinski definition) is 1. The first kappa shape index (κ1) is 25.0. The predicted molar refractivity (Wildman–Crippen MR) is 126 cm³/mol. The smallest absolute Gasteiger partial charge is 0.247 e. The molecular weight excluding hydrogens is 444 g/mol. The van der Waals surface area contributed by atoms with Gasteiger partial charge in [0.1, 0.15) is 22.5 Å². The predicted octanol–water partition coefficient (Wildman–Crippen LogP) is 2.61. The molecule has 3 rings (SSSR count). The van der Waals surface area contributed by atoms with Gasteiger partial charge in [-0.3, -0.25) is 4.79 Å². The molecule has 0 aliphatic carbocycles. The molecule has 1 heterocycles. The van der Waals surface area contributed by atoms with Crippen LogP contribution in [0.5, 0.6) is 11.5 Å². The van der Waals surface area contributed by atoms with Crippen molar-refractivity contribution in [1.29, 1.82) is 0 Å². The summed E-state index contributed by atoms with van der Waals surface area (Å²) < 4.78 is 40.0. The number of amides is 1. The lowest BCUT2D eigenvalue weighted by Crippen LogP contribution is -2.50.